The number of hydrogen-bond donors (Lipinski definition) is 3. The normalized spacial score (nSPS) is 10.1. The number of carboxylic acids is 2. The van der Waals surface area contributed by atoms with Crippen LogP contribution < -0.4 is 14.8 Å². The highest BCUT2D eigenvalue weighted by Gasteiger charge is 2.14. The van der Waals surface area contributed by atoms with Gasteiger partial charge < -0.3 is 25.0 Å². The van der Waals surface area contributed by atoms with E-state index >= 15 is 0 Å². The van der Waals surface area contributed by atoms with E-state index in [1.54, 1.807) is 19.9 Å². The van der Waals surface area contributed by atoms with Crippen molar-refractivity contribution in [3.05, 3.63) is 53.1 Å². The number of ether oxygens (including phenoxy) is 2. The predicted molar refractivity (Wildman–Crippen MR) is 96.8 cm³/mol. The zero-order valence-corrected chi connectivity index (χ0v) is 14.8. The number of carbonyl (C=O) groups is 3. The highest BCUT2D eigenvalue weighted by molar-refractivity contribution is 6.05. The van der Waals surface area contributed by atoms with E-state index in [1.807, 2.05) is 0 Å². The lowest BCUT2D eigenvalue weighted by molar-refractivity contribution is -0.139. The summed E-state index contributed by atoms with van der Waals surface area (Å²) in [5.41, 5.74) is 1.40. The van der Waals surface area contributed by atoms with Crippen LogP contribution in [0.4, 0.5) is 5.69 Å². The van der Waals surface area contributed by atoms with Gasteiger partial charge in [0.05, 0.1) is 12.2 Å². The SMILES string of the molecule is CCOc1cc(C(=O)Nc2cc(C(=O)O)ccc2C)ccc1OCC(=O)O. The number of anilines is 1. The molecule has 0 radical (unpaired) electrons. The molecule has 3 N–H and O–H groups in total. The lowest BCUT2D eigenvalue weighted by Gasteiger charge is -2.13. The maximum Gasteiger partial charge on any atom is 0.341 e. The molecule has 0 saturated carbocycles. The minimum Gasteiger partial charge on any atom is -0.490 e. The summed E-state index contributed by atoms with van der Waals surface area (Å²) in [6, 6.07) is 8.78. The summed E-state index contributed by atoms with van der Waals surface area (Å²) >= 11 is 0. The Morgan fingerprint density at radius 1 is 0.963 bits per heavy atom. The summed E-state index contributed by atoms with van der Waals surface area (Å²) in [6.45, 7) is 3.26. The van der Waals surface area contributed by atoms with Crippen molar-refractivity contribution in [2.24, 2.45) is 0 Å². The lowest BCUT2D eigenvalue weighted by atomic mass is 10.1. The van der Waals surface area contributed by atoms with Crippen molar-refractivity contribution < 1.29 is 34.1 Å². The molecule has 27 heavy (non-hydrogen) atoms. The molecule has 142 valence electrons. The van der Waals surface area contributed by atoms with Crippen molar-refractivity contribution in [2.45, 2.75) is 13.8 Å². The Balaban J connectivity index is 2.25. The number of aromatic carboxylic acids is 1. The van der Waals surface area contributed by atoms with Crippen LogP contribution in [0.5, 0.6) is 11.5 Å². The Hall–Kier alpha value is -3.55. The molecule has 0 aliphatic carbocycles. The lowest BCUT2D eigenvalue weighted by Crippen LogP contribution is -2.14. The molecule has 2 aromatic rings. The van der Waals surface area contributed by atoms with E-state index in [0.717, 1.165) is 0 Å². The molecule has 0 atom stereocenters. The van der Waals surface area contributed by atoms with Gasteiger partial charge in [0, 0.05) is 11.3 Å². The molecule has 0 unspecified atom stereocenters. The molecule has 8 heteroatoms. The van der Waals surface area contributed by atoms with E-state index in [1.165, 1.54) is 30.3 Å². The van der Waals surface area contributed by atoms with Gasteiger partial charge in [0.25, 0.3) is 5.91 Å². The number of hydrogen-bond acceptors (Lipinski definition) is 5. The number of rotatable bonds is 8. The second-order valence-electron chi connectivity index (χ2n) is 5.57. The van der Waals surface area contributed by atoms with E-state index in [-0.39, 0.29) is 22.6 Å². The molecule has 0 spiro atoms. The van der Waals surface area contributed by atoms with Crippen LogP contribution in [-0.4, -0.2) is 41.3 Å². The Morgan fingerprint density at radius 2 is 1.67 bits per heavy atom. The standard InChI is InChI=1S/C19H19NO7/c1-3-26-16-9-12(6-7-15(16)27-10-17(21)22)18(23)20-14-8-13(19(24)25)5-4-11(14)2/h4-9H,3,10H2,1-2H3,(H,20,23)(H,21,22)(H,24,25). The summed E-state index contributed by atoms with van der Waals surface area (Å²) in [6.07, 6.45) is 0. The third kappa shape index (κ3) is 5.21. The maximum absolute atomic E-state index is 12.5. The summed E-state index contributed by atoms with van der Waals surface area (Å²) in [4.78, 5) is 34.3. The number of aliphatic carboxylic acids is 1. The average Bonchev–Trinajstić information content (AvgIpc) is 2.62. The van der Waals surface area contributed by atoms with Gasteiger partial charge in [0.2, 0.25) is 0 Å². The van der Waals surface area contributed by atoms with Crippen LogP contribution in [0.15, 0.2) is 36.4 Å². The fourth-order valence-corrected chi connectivity index (χ4v) is 2.26. The first kappa shape index (κ1) is 19.8. The highest BCUT2D eigenvalue weighted by atomic mass is 16.5. The Kier molecular flexibility index (Phi) is 6.37. The van der Waals surface area contributed by atoms with E-state index < -0.39 is 24.5 Å². The van der Waals surface area contributed by atoms with Crippen LogP contribution in [0.25, 0.3) is 0 Å². The van der Waals surface area contributed by atoms with E-state index in [9.17, 15) is 14.4 Å². The van der Waals surface area contributed by atoms with Crippen LogP contribution in [0, 0.1) is 6.92 Å². The van der Waals surface area contributed by atoms with Crippen molar-refractivity contribution in [3.63, 3.8) is 0 Å². The third-order valence-corrected chi connectivity index (χ3v) is 3.59. The average molecular weight is 373 g/mol. The van der Waals surface area contributed by atoms with Crippen molar-refractivity contribution in [3.8, 4) is 11.5 Å². The minimum absolute atomic E-state index is 0.0586. The molecule has 2 aromatic carbocycles. The predicted octanol–water partition coefficient (Wildman–Crippen LogP) is 2.81. The number of nitrogens with one attached hydrogen (secondary N) is 1. The van der Waals surface area contributed by atoms with Gasteiger partial charge in [-0.25, -0.2) is 9.59 Å². The van der Waals surface area contributed by atoms with Crippen molar-refractivity contribution in [1.82, 2.24) is 0 Å². The molecule has 0 saturated heterocycles. The Bertz CT molecular complexity index is 876. The maximum atomic E-state index is 12.5. The largest absolute Gasteiger partial charge is 0.490 e. The molecular formula is C19H19NO7. The van der Waals surface area contributed by atoms with Gasteiger partial charge in [-0.15, -0.1) is 0 Å². The van der Waals surface area contributed by atoms with E-state index in [0.29, 0.717) is 17.9 Å². The highest BCUT2D eigenvalue weighted by Crippen LogP contribution is 2.29. The number of amides is 1. The van der Waals surface area contributed by atoms with Crippen LogP contribution in [0.1, 0.15) is 33.2 Å². The summed E-state index contributed by atoms with van der Waals surface area (Å²) in [5, 5.41) is 20.5. The molecule has 0 fully saturated rings. The molecule has 1 amide bonds. The van der Waals surface area contributed by atoms with Crippen molar-refractivity contribution in [1.29, 1.82) is 0 Å². The van der Waals surface area contributed by atoms with Crippen LogP contribution >= 0.6 is 0 Å². The summed E-state index contributed by atoms with van der Waals surface area (Å²) in [5.74, 6) is -2.24. The summed E-state index contributed by atoms with van der Waals surface area (Å²) < 4.78 is 10.6. The minimum atomic E-state index is -1.13. The van der Waals surface area contributed by atoms with Crippen LogP contribution in [0.3, 0.4) is 0 Å². The Labute approximate surface area is 155 Å². The molecule has 0 aromatic heterocycles. The second kappa shape index (κ2) is 8.70. The second-order valence-corrected chi connectivity index (χ2v) is 5.57. The first-order valence-corrected chi connectivity index (χ1v) is 8.08. The number of carbonyl (C=O) groups excluding carboxylic acids is 1. The number of aryl methyl sites for hydroxylation is 1. The van der Waals surface area contributed by atoms with Crippen LogP contribution in [-0.2, 0) is 4.79 Å². The fraction of sp³-hybridized carbons (Fsp3) is 0.211. The smallest absolute Gasteiger partial charge is 0.341 e. The van der Waals surface area contributed by atoms with Gasteiger partial charge in [0.1, 0.15) is 0 Å². The van der Waals surface area contributed by atoms with Gasteiger partial charge in [0.15, 0.2) is 18.1 Å². The molecule has 8 nitrogen and oxygen atoms in total. The van der Waals surface area contributed by atoms with Gasteiger partial charge in [-0.05, 0) is 49.7 Å². The quantitative estimate of drug-likeness (QED) is 0.650. The molecule has 0 aliphatic rings. The third-order valence-electron chi connectivity index (χ3n) is 3.59. The number of carboxylic acid groups (broad SMARTS) is 2. The molecule has 0 heterocycles. The first-order chi connectivity index (χ1) is 12.8. The molecule has 0 aliphatic heterocycles. The summed E-state index contributed by atoms with van der Waals surface area (Å²) in [7, 11) is 0. The van der Waals surface area contributed by atoms with Crippen molar-refractivity contribution in [2.75, 3.05) is 18.5 Å². The topological polar surface area (TPSA) is 122 Å². The number of benzene rings is 2. The van der Waals surface area contributed by atoms with Gasteiger partial charge >= 0.3 is 11.9 Å². The fourth-order valence-electron chi connectivity index (χ4n) is 2.26. The van der Waals surface area contributed by atoms with Gasteiger partial charge in [-0.1, -0.05) is 6.07 Å². The monoisotopic (exact) mass is 373 g/mol. The van der Waals surface area contributed by atoms with Crippen LogP contribution in [0.2, 0.25) is 0 Å². The van der Waals surface area contributed by atoms with Gasteiger partial charge in [-0.3, -0.25) is 4.79 Å². The molecular weight excluding hydrogens is 354 g/mol. The van der Waals surface area contributed by atoms with Gasteiger partial charge in [-0.2, -0.15) is 0 Å². The Morgan fingerprint density at radius 3 is 2.30 bits per heavy atom. The first-order valence-electron chi connectivity index (χ1n) is 8.08. The zero-order chi connectivity index (χ0) is 20.0. The van der Waals surface area contributed by atoms with E-state index in [4.69, 9.17) is 19.7 Å². The van der Waals surface area contributed by atoms with E-state index in [2.05, 4.69) is 5.32 Å². The molecule has 2 rings (SSSR count). The van der Waals surface area contributed by atoms with Crippen molar-refractivity contribution >= 4 is 23.5 Å². The zero-order valence-electron chi connectivity index (χ0n) is 14.8. The molecule has 0 bridgehead atoms.